The first kappa shape index (κ1) is 17.2. The minimum atomic E-state index is -4.54. The van der Waals surface area contributed by atoms with Gasteiger partial charge in [-0.1, -0.05) is 30.3 Å². The summed E-state index contributed by atoms with van der Waals surface area (Å²) < 4.78 is 44.3. The van der Waals surface area contributed by atoms with Crippen molar-refractivity contribution in [2.75, 3.05) is 12.8 Å². The standard InChI is InChI=1S/C18H14F3NO2S/c1-24-13-8-11(7-12(9-13)18(19,20)21)14-15(23)16(25-17(14)22)10-5-3-2-4-6-10/h2-9,23H,22H2,1H3. The molecule has 7 heteroatoms. The van der Waals surface area contributed by atoms with Gasteiger partial charge in [0, 0.05) is 0 Å². The third kappa shape index (κ3) is 3.28. The second-order valence-corrected chi connectivity index (χ2v) is 6.39. The number of rotatable bonds is 3. The van der Waals surface area contributed by atoms with E-state index in [0.717, 1.165) is 29.0 Å². The van der Waals surface area contributed by atoms with E-state index in [9.17, 15) is 18.3 Å². The Hall–Kier alpha value is -2.67. The number of halogens is 3. The van der Waals surface area contributed by atoms with Crippen LogP contribution in [0.2, 0.25) is 0 Å². The van der Waals surface area contributed by atoms with Gasteiger partial charge in [-0.05, 0) is 29.3 Å². The van der Waals surface area contributed by atoms with Gasteiger partial charge in [0.05, 0.1) is 28.1 Å². The Morgan fingerprint density at radius 1 is 1.04 bits per heavy atom. The van der Waals surface area contributed by atoms with E-state index >= 15 is 0 Å². The summed E-state index contributed by atoms with van der Waals surface area (Å²) in [6.07, 6.45) is -4.54. The molecule has 3 N–H and O–H groups in total. The monoisotopic (exact) mass is 365 g/mol. The van der Waals surface area contributed by atoms with Gasteiger partial charge >= 0.3 is 6.18 Å². The Morgan fingerprint density at radius 3 is 2.32 bits per heavy atom. The number of aromatic hydroxyl groups is 1. The van der Waals surface area contributed by atoms with Gasteiger partial charge in [0.25, 0.3) is 0 Å². The maximum absolute atomic E-state index is 13.1. The Kier molecular flexibility index (Phi) is 4.34. The molecular weight excluding hydrogens is 351 g/mol. The van der Waals surface area contributed by atoms with Gasteiger partial charge in [0.15, 0.2) is 0 Å². The van der Waals surface area contributed by atoms with E-state index in [1.807, 2.05) is 6.07 Å². The van der Waals surface area contributed by atoms with Crippen LogP contribution in [0.5, 0.6) is 11.5 Å². The van der Waals surface area contributed by atoms with Crippen molar-refractivity contribution in [3.63, 3.8) is 0 Å². The smallest absolute Gasteiger partial charge is 0.416 e. The van der Waals surface area contributed by atoms with Crippen molar-refractivity contribution in [2.45, 2.75) is 6.18 Å². The average Bonchev–Trinajstić information content (AvgIpc) is 2.89. The molecule has 0 radical (unpaired) electrons. The summed E-state index contributed by atoms with van der Waals surface area (Å²) in [5.41, 5.74) is 6.20. The van der Waals surface area contributed by atoms with Gasteiger partial charge in [-0.2, -0.15) is 13.2 Å². The number of alkyl halides is 3. The number of anilines is 1. The summed E-state index contributed by atoms with van der Waals surface area (Å²) in [5.74, 6) is -0.105. The first-order chi connectivity index (χ1) is 11.8. The third-order valence-electron chi connectivity index (χ3n) is 3.70. The largest absolute Gasteiger partial charge is 0.506 e. The molecule has 0 spiro atoms. The van der Waals surface area contributed by atoms with E-state index in [4.69, 9.17) is 10.5 Å². The van der Waals surface area contributed by atoms with Crippen LogP contribution in [0.1, 0.15) is 5.56 Å². The van der Waals surface area contributed by atoms with Crippen LogP contribution in [-0.4, -0.2) is 12.2 Å². The molecule has 3 aromatic rings. The first-order valence-electron chi connectivity index (χ1n) is 7.24. The summed E-state index contributed by atoms with van der Waals surface area (Å²) in [6.45, 7) is 0. The SMILES string of the molecule is COc1cc(-c2c(N)sc(-c3ccccc3)c2O)cc(C(F)(F)F)c1. The predicted molar refractivity (Wildman–Crippen MR) is 92.8 cm³/mol. The van der Waals surface area contributed by atoms with Crippen molar-refractivity contribution < 1.29 is 23.0 Å². The number of benzene rings is 2. The van der Waals surface area contributed by atoms with Crippen molar-refractivity contribution in [1.29, 1.82) is 0 Å². The highest BCUT2D eigenvalue weighted by molar-refractivity contribution is 7.20. The van der Waals surface area contributed by atoms with Gasteiger partial charge < -0.3 is 15.6 Å². The zero-order chi connectivity index (χ0) is 18.2. The van der Waals surface area contributed by atoms with Crippen LogP contribution in [0.4, 0.5) is 18.2 Å². The lowest BCUT2D eigenvalue weighted by atomic mass is 10.0. The average molecular weight is 365 g/mol. The maximum Gasteiger partial charge on any atom is 0.416 e. The highest BCUT2D eigenvalue weighted by Gasteiger charge is 2.32. The third-order valence-corrected chi connectivity index (χ3v) is 4.76. The minimum absolute atomic E-state index is 0.0380. The molecule has 3 nitrogen and oxygen atoms in total. The first-order valence-corrected chi connectivity index (χ1v) is 8.06. The lowest BCUT2D eigenvalue weighted by molar-refractivity contribution is -0.137. The fourth-order valence-electron chi connectivity index (χ4n) is 2.53. The number of methoxy groups -OCH3 is 1. The molecule has 0 atom stereocenters. The molecule has 0 amide bonds. The molecule has 0 aliphatic heterocycles. The van der Waals surface area contributed by atoms with Crippen LogP contribution in [-0.2, 0) is 6.18 Å². The Balaban J connectivity index is 2.19. The molecule has 1 heterocycles. The van der Waals surface area contributed by atoms with E-state index < -0.39 is 11.7 Å². The fraction of sp³-hybridized carbons (Fsp3) is 0.111. The summed E-state index contributed by atoms with van der Waals surface area (Å²) in [5, 5.41) is 10.8. The predicted octanol–water partition coefficient (Wildman–Crippen LogP) is 5.40. The molecule has 0 aliphatic rings. The van der Waals surface area contributed by atoms with Gasteiger partial charge in [-0.3, -0.25) is 0 Å². The van der Waals surface area contributed by atoms with Crippen molar-refractivity contribution in [3.05, 3.63) is 54.1 Å². The van der Waals surface area contributed by atoms with Crippen LogP contribution >= 0.6 is 11.3 Å². The molecule has 0 aliphatic carbocycles. The molecule has 25 heavy (non-hydrogen) atoms. The second kappa shape index (κ2) is 6.33. The molecule has 3 rings (SSSR count). The zero-order valence-electron chi connectivity index (χ0n) is 13.1. The van der Waals surface area contributed by atoms with E-state index in [2.05, 4.69) is 0 Å². The van der Waals surface area contributed by atoms with Crippen LogP contribution in [0, 0.1) is 0 Å². The van der Waals surface area contributed by atoms with E-state index in [1.54, 1.807) is 24.3 Å². The Morgan fingerprint density at radius 2 is 1.72 bits per heavy atom. The molecule has 0 bridgehead atoms. The van der Waals surface area contributed by atoms with Crippen molar-refractivity contribution in [1.82, 2.24) is 0 Å². The van der Waals surface area contributed by atoms with Gasteiger partial charge in [0.1, 0.15) is 11.5 Å². The topological polar surface area (TPSA) is 55.5 Å². The molecule has 2 aromatic carbocycles. The highest BCUT2D eigenvalue weighted by Crippen LogP contribution is 2.50. The number of nitrogens with two attached hydrogens (primary N) is 1. The van der Waals surface area contributed by atoms with Crippen LogP contribution in [0.15, 0.2) is 48.5 Å². The Labute approximate surface area is 146 Å². The fourth-order valence-corrected chi connectivity index (χ4v) is 3.52. The van der Waals surface area contributed by atoms with Crippen LogP contribution in [0.25, 0.3) is 21.6 Å². The van der Waals surface area contributed by atoms with E-state index in [-0.39, 0.29) is 27.6 Å². The molecule has 0 unspecified atom stereocenters. The van der Waals surface area contributed by atoms with E-state index in [0.29, 0.717) is 4.88 Å². The van der Waals surface area contributed by atoms with Gasteiger partial charge in [-0.25, -0.2) is 0 Å². The summed E-state index contributed by atoms with van der Waals surface area (Å²) in [7, 11) is 1.28. The normalized spacial score (nSPS) is 11.5. The maximum atomic E-state index is 13.1. The number of hydrogen-bond donors (Lipinski definition) is 2. The van der Waals surface area contributed by atoms with E-state index in [1.165, 1.54) is 13.2 Å². The molecular formula is C18H14F3NO2S. The molecule has 0 saturated heterocycles. The minimum Gasteiger partial charge on any atom is -0.506 e. The lowest BCUT2D eigenvalue weighted by Crippen LogP contribution is -2.05. The number of hydrogen-bond acceptors (Lipinski definition) is 4. The van der Waals surface area contributed by atoms with Crippen molar-refractivity contribution in [2.24, 2.45) is 0 Å². The number of ether oxygens (including phenoxy) is 1. The van der Waals surface area contributed by atoms with Gasteiger partial charge in [0.2, 0.25) is 0 Å². The number of nitrogen functional groups attached to an aromatic ring is 1. The van der Waals surface area contributed by atoms with Crippen LogP contribution < -0.4 is 10.5 Å². The number of thiophene rings is 1. The summed E-state index contributed by atoms with van der Waals surface area (Å²) >= 11 is 1.12. The zero-order valence-corrected chi connectivity index (χ0v) is 13.9. The molecule has 0 saturated carbocycles. The van der Waals surface area contributed by atoms with Crippen LogP contribution in [0.3, 0.4) is 0 Å². The molecule has 130 valence electrons. The lowest BCUT2D eigenvalue weighted by Gasteiger charge is -2.12. The van der Waals surface area contributed by atoms with Crippen molar-refractivity contribution in [3.8, 4) is 33.1 Å². The highest BCUT2D eigenvalue weighted by atomic mass is 32.1. The van der Waals surface area contributed by atoms with Crippen molar-refractivity contribution >= 4 is 16.3 Å². The Bertz CT molecular complexity index is 905. The summed E-state index contributed by atoms with van der Waals surface area (Å²) in [6, 6.07) is 12.3. The molecule has 1 aromatic heterocycles. The van der Waals surface area contributed by atoms with Gasteiger partial charge in [-0.15, -0.1) is 11.3 Å². The second-order valence-electron chi connectivity index (χ2n) is 5.33. The quantitative estimate of drug-likeness (QED) is 0.654. The molecule has 0 fully saturated rings. The summed E-state index contributed by atoms with van der Waals surface area (Å²) in [4.78, 5) is 0.504.